The highest BCUT2D eigenvalue weighted by atomic mass is 35.5. The van der Waals surface area contributed by atoms with Gasteiger partial charge in [-0.3, -0.25) is 4.79 Å². The van der Waals surface area contributed by atoms with Crippen molar-refractivity contribution in [2.24, 2.45) is 0 Å². The number of carbonyl (C=O) groups excluding carboxylic acids is 1. The van der Waals surface area contributed by atoms with Gasteiger partial charge < -0.3 is 5.32 Å². The van der Waals surface area contributed by atoms with Gasteiger partial charge in [0, 0.05) is 6.54 Å². The fraction of sp³-hybridized carbons (Fsp3) is 0.0526. The van der Waals surface area contributed by atoms with Gasteiger partial charge in [0.25, 0.3) is 5.91 Å². The van der Waals surface area contributed by atoms with Gasteiger partial charge in [0.05, 0.1) is 16.7 Å². The Bertz CT molecular complexity index is 1040. The zero-order valence-corrected chi connectivity index (χ0v) is 15.4. The molecule has 0 saturated heterocycles. The normalized spacial score (nSPS) is 11.1. The second kappa shape index (κ2) is 8.54. The van der Waals surface area contributed by atoms with Crippen LogP contribution in [-0.4, -0.2) is 16.1 Å². The van der Waals surface area contributed by atoms with Crippen LogP contribution < -0.4 is 5.32 Å². The molecule has 134 valence electrons. The molecule has 1 heterocycles. The summed E-state index contributed by atoms with van der Waals surface area (Å²) in [6.45, 7) is 0.249. The number of carbonyl (C=O) groups is 1. The number of benzene rings is 2. The first kappa shape index (κ1) is 18.7. The van der Waals surface area contributed by atoms with E-state index in [1.807, 2.05) is 0 Å². The summed E-state index contributed by atoms with van der Waals surface area (Å²) in [6, 6.07) is 14.9. The second-order valence-corrected chi connectivity index (χ2v) is 6.84. The second-order valence-electron chi connectivity index (χ2n) is 5.45. The van der Waals surface area contributed by atoms with Crippen molar-refractivity contribution in [2.75, 3.05) is 0 Å². The molecule has 0 saturated carbocycles. The van der Waals surface area contributed by atoms with E-state index in [2.05, 4.69) is 21.6 Å². The number of rotatable bonds is 5. The molecule has 0 aliphatic heterocycles. The van der Waals surface area contributed by atoms with Gasteiger partial charge in [-0.1, -0.05) is 47.2 Å². The number of nitrogens with one attached hydrogen (secondary N) is 1. The van der Waals surface area contributed by atoms with Crippen LogP contribution in [-0.2, 0) is 6.54 Å². The summed E-state index contributed by atoms with van der Waals surface area (Å²) in [7, 11) is 0. The Hall–Kier alpha value is -3.08. The van der Waals surface area contributed by atoms with Crippen LogP contribution in [0.1, 0.15) is 31.5 Å². The average Bonchev–Trinajstić information content (AvgIpc) is 3.18. The zero-order valence-electron chi connectivity index (χ0n) is 13.8. The minimum Gasteiger partial charge on any atom is -0.346 e. The largest absolute Gasteiger partial charge is 0.346 e. The monoisotopic (exact) mass is 398 g/mol. The summed E-state index contributed by atoms with van der Waals surface area (Å²) >= 11 is 7.32. The molecule has 0 fully saturated rings. The smallest absolute Gasteiger partial charge is 0.282 e. The van der Waals surface area contributed by atoms with Crippen LogP contribution in [0.2, 0.25) is 0 Å². The fourth-order valence-corrected chi connectivity index (χ4v) is 3.13. The van der Waals surface area contributed by atoms with Gasteiger partial charge >= 0.3 is 0 Å². The maximum atomic E-state index is 12.9. The molecular weight excluding hydrogens is 387 g/mol. The third kappa shape index (κ3) is 4.97. The van der Waals surface area contributed by atoms with Crippen molar-refractivity contribution >= 4 is 40.0 Å². The quantitative estimate of drug-likeness (QED) is 0.698. The molecule has 8 heteroatoms. The van der Waals surface area contributed by atoms with Crippen molar-refractivity contribution in [1.82, 2.24) is 15.5 Å². The third-order valence-corrected chi connectivity index (χ3v) is 4.85. The Morgan fingerprint density at radius 3 is 2.70 bits per heavy atom. The molecule has 0 atom stereocenters. The van der Waals surface area contributed by atoms with Crippen molar-refractivity contribution in [3.8, 4) is 6.07 Å². The fourth-order valence-electron chi connectivity index (χ4n) is 2.18. The molecule has 0 unspecified atom stereocenters. The lowest BCUT2D eigenvalue weighted by molar-refractivity contribution is 0.0950. The third-order valence-electron chi connectivity index (χ3n) is 3.50. The van der Waals surface area contributed by atoms with Gasteiger partial charge in [-0.15, -0.1) is 10.2 Å². The van der Waals surface area contributed by atoms with Crippen LogP contribution in [0.25, 0.3) is 11.1 Å². The van der Waals surface area contributed by atoms with Crippen LogP contribution in [0, 0.1) is 17.1 Å². The topological polar surface area (TPSA) is 78.7 Å². The molecule has 3 aromatic rings. The average molecular weight is 399 g/mol. The van der Waals surface area contributed by atoms with Crippen molar-refractivity contribution in [3.63, 3.8) is 0 Å². The number of aromatic nitrogens is 2. The Morgan fingerprint density at radius 2 is 1.96 bits per heavy atom. The van der Waals surface area contributed by atoms with E-state index < -0.39 is 0 Å². The van der Waals surface area contributed by atoms with Crippen LogP contribution in [0.4, 0.5) is 4.39 Å². The molecule has 1 amide bonds. The van der Waals surface area contributed by atoms with Crippen LogP contribution >= 0.6 is 22.9 Å². The SMILES string of the molecule is N#Cc1cccc(/C=C(\Cl)c2nnc(C(=O)NCc3ccc(F)cc3)s2)c1. The first-order chi connectivity index (χ1) is 13.0. The molecule has 0 aliphatic carbocycles. The predicted molar refractivity (Wildman–Crippen MR) is 102 cm³/mol. The van der Waals surface area contributed by atoms with Gasteiger partial charge in [0.2, 0.25) is 5.01 Å². The number of nitrogens with zero attached hydrogens (tertiary/aromatic N) is 3. The van der Waals surface area contributed by atoms with Crippen LogP contribution in [0.5, 0.6) is 0 Å². The Morgan fingerprint density at radius 1 is 1.22 bits per heavy atom. The maximum Gasteiger partial charge on any atom is 0.282 e. The van der Waals surface area contributed by atoms with Crippen molar-refractivity contribution < 1.29 is 9.18 Å². The van der Waals surface area contributed by atoms with Crippen molar-refractivity contribution in [1.29, 1.82) is 5.26 Å². The van der Waals surface area contributed by atoms with E-state index >= 15 is 0 Å². The van der Waals surface area contributed by atoms with Gasteiger partial charge in [-0.05, 0) is 41.5 Å². The summed E-state index contributed by atoms with van der Waals surface area (Å²) < 4.78 is 12.9. The molecule has 0 bridgehead atoms. The molecule has 5 nitrogen and oxygen atoms in total. The molecule has 1 aromatic heterocycles. The van der Waals surface area contributed by atoms with Crippen LogP contribution in [0.15, 0.2) is 48.5 Å². The molecule has 0 radical (unpaired) electrons. The van der Waals surface area contributed by atoms with E-state index in [9.17, 15) is 9.18 Å². The number of hydrogen-bond acceptors (Lipinski definition) is 5. The number of nitriles is 1. The van der Waals surface area contributed by atoms with E-state index in [0.717, 1.165) is 22.5 Å². The highest BCUT2D eigenvalue weighted by Crippen LogP contribution is 2.25. The maximum absolute atomic E-state index is 12.9. The van der Waals surface area contributed by atoms with E-state index in [0.29, 0.717) is 15.6 Å². The molecule has 1 N–H and O–H groups in total. The lowest BCUT2D eigenvalue weighted by Gasteiger charge is -2.02. The standard InChI is InChI=1S/C19H12ClFN4OS/c20-16(9-13-2-1-3-14(8-13)10-22)18-24-25-19(27-18)17(26)23-11-12-4-6-15(21)7-5-12/h1-9H,11H2,(H,23,26)/b16-9-. The molecule has 0 spiro atoms. The summed E-state index contributed by atoms with van der Waals surface area (Å²) in [4.78, 5) is 12.2. The molecule has 0 aliphatic rings. The molecule has 3 rings (SSSR count). The predicted octanol–water partition coefficient (Wildman–Crippen LogP) is 4.22. The van der Waals surface area contributed by atoms with Gasteiger partial charge in [0.15, 0.2) is 5.01 Å². The van der Waals surface area contributed by atoms with Crippen molar-refractivity contribution in [3.05, 3.63) is 81.1 Å². The minimum absolute atomic E-state index is 0.171. The summed E-state index contributed by atoms with van der Waals surface area (Å²) in [5, 5.41) is 20.3. The highest BCUT2D eigenvalue weighted by molar-refractivity contribution is 7.15. The minimum atomic E-state index is -0.390. The number of amides is 1. The zero-order chi connectivity index (χ0) is 19.2. The van der Waals surface area contributed by atoms with Crippen molar-refractivity contribution in [2.45, 2.75) is 6.54 Å². The highest BCUT2D eigenvalue weighted by Gasteiger charge is 2.14. The van der Waals surface area contributed by atoms with E-state index in [1.54, 1.807) is 42.5 Å². The van der Waals surface area contributed by atoms with Gasteiger partial charge in [-0.2, -0.15) is 5.26 Å². The van der Waals surface area contributed by atoms with Gasteiger partial charge in [0.1, 0.15) is 5.82 Å². The Balaban J connectivity index is 1.67. The number of halogens is 2. The molecular formula is C19H12ClFN4OS. The molecule has 27 heavy (non-hydrogen) atoms. The van der Waals surface area contributed by atoms with E-state index in [4.69, 9.17) is 16.9 Å². The summed E-state index contributed by atoms with van der Waals surface area (Å²) in [5.41, 5.74) is 2.03. The lowest BCUT2D eigenvalue weighted by Crippen LogP contribution is -2.22. The Labute approximate surface area is 163 Å². The van der Waals surface area contributed by atoms with E-state index in [-0.39, 0.29) is 23.3 Å². The first-order valence-corrected chi connectivity index (χ1v) is 8.98. The van der Waals surface area contributed by atoms with E-state index in [1.165, 1.54) is 12.1 Å². The van der Waals surface area contributed by atoms with Crippen LogP contribution in [0.3, 0.4) is 0 Å². The van der Waals surface area contributed by atoms with Gasteiger partial charge in [-0.25, -0.2) is 4.39 Å². The lowest BCUT2D eigenvalue weighted by atomic mass is 10.1. The molecule has 2 aromatic carbocycles. The summed E-state index contributed by atoms with van der Waals surface area (Å²) in [5.74, 6) is -0.723. The first-order valence-electron chi connectivity index (χ1n) is 7.79. The number of hydrogen-bond donors (Lipinski definition) is 1. The Kier molecular flexibility index (Phi) is 5.91. The summed E-state index contributed by atoms with van der Waals surface area (Å²) in [6.07, 6.45) is 1.66.